The van der Waals surface area contributed by atoms with Gasteiger partial charge in [0.2, 0.25) is 17.7 Å². The fourth-order valence-corrected chi connectivity index (χ4v) is 4.37. The van der Waals surface area contributed by atoms with Crippen LogP contribution in [-0.4, -0.2) is 76.1 Å². The number of carbonyl (C=O) groups is 4. The van der Waals surface area contributed by atoms with E-state index < -0.39 is 41.8 Å². The fourth-order valence-electron chi connectivity index (χ4n) is 4.37. The highest BCUT2D eigenvalue weighted by molar-refractivity contribution is 5.94. The summed E-state index contributed by atoms with van der Waals surface area (Å²) < 4.78 is 0. The van der Waals surface area contributed by atoms with Crippen molar-refractivity contribution < 1.29 is 29.4 Å². The van der Waals surface area contributed by atoms with Crippen molar-refractivity contribution in [1.82, 2.24) is 20.9 Å². The molecule has 14 nitrogen and oxygen atoms in total. The third kappa shape index (κ3) is 9.23. The minimum Gasteiger partial charge on any atom is -0.508 e. The van der Waals surface area contributed by atoms with Crippen molar-refractivity contribution in [2.75, 3.05) is 13.1 Å². The van der Waals surface area contributed by atoms with Crippen molar-refractivity contribution >= 4 is 40.6 Å². The Balaban J connectivity index is 1.80. The van der Waals surface area contributed by atoms with Crippen molar-refractivity contribution in [3.05, 3.63) is 65.9 Å². The van der Waals surface area contributed by atoms with Crippen LogP contribution in [0.2, 0.25) is 0 Å². The van der Waals surface area contributed by atoms with E-state index in [4.69, 9.17) is 17.2 Å². The number of aromatic nitrogens is 1. The third-order valence-corrected chi connectivity index (χ3v) is 6.51. The number of phenolic OH excluding ortho intramolecular Hbond substituents is 1. The second kappa shape index (κ2) is 15.0. The monoisotopic (exact) mass is 580 g/mol. The number of fused-ring (bicyclic) bond motifs is 1. The Labute approximate surface area is 241 Å². The Morgan fingerprint density at radius 1 is 0.881 bits per heavy atom. The van der Waals surface area contributed by atoms with Crippen LogP contribution in [0.3, 0.4) is 0 Å². The number of nitrogens with zero attached hydrogens (tertiary/aromatic N) is 1. The van der Waals surface area contributed by atoms with Crippen LogP contribution in [0.15, 0.2) is 59.7 Å². The maximum atomic E-state index is 13.5. The number of nitrogens with two attached hydrogens (primary N) is 3. The van der Waals surface area contributed by atoms with E-state index in [2.05, 4.69) is 25.9 Å². The summed E-state index contributed by atoms with van der Waals surface area (Å²) in [6.07, 6.45) is 2.13. The Kier molecular flexibility index (Phi) is 11.3. The van der Waals surface area contributed by atoms with Crippen LogP contribution in [0.4, 0.5) is 0 Å². The minimum absolute atomic E-state index is 0.0159. The first-order valence-electron chi connectivity index (χ1n) is 13.3. The second-order valence-corrected chi connectivity index (χ2v) is 9.67. The average Bonchev–Trinajstić information content (AvgIpc) is 3.37. The van der Waals surface area contributed by atoms with Gasteiger partial charge in [-0.05, 0) is 42.2 Å². The first-order valence-corrected chi connectivity index (χ1v) is 13.3. The van der Waals surface area contributed by atoms with Gasteiger partial charge in [-0.1, -0.05) is 30.3 Å². The maximum absolute atomic E-state index is 13.5. The Bertz CT molecular complexity index is 1420. The number of carboxylic acids is 1. The van der Waals surface area contributed by atoms with E-state index >= 15 is 0 Å². The molecule has 0 aliphatic rings. The lowest BCUT2D eigenvalue weighted by Crippen LogP contribution is -2.57. The van der Waals surface area contributed by atoms with Gasteiger partial charge < -0.3 is 48.3 Å². The standard InChI is InChI=1S/C28H36N8O6/c29-14-24(38)34-22(13-17-15-33-20-5-2-1-4-19(17)20)26(40)35-21(6-3-11-32-28(30)31)25(39)36-23(27(41)42)12-16-7-9-18(37)10-8-16/h1-2,4-5,7-10,15,21-23,33,37H,3,6,11-14,29H2,(H,34,38)(H,35,40)(H,36,39)(H,41,42)(H4,30,31,32)/t21-,22-,23-/m0/s1. The molecule has 0 saturated heterocycles. The number of aliphatic carboxylic acids is 1. The van der Waals surface area contributed by atoms with E-state index in [-0.39, 0.29) is 50.5 Å². The zero-order valence-electron chi connectivity index (χ0n) is 22.9. The molecule has 0 aliphatic carbocycles. The van der Waals surface area contributed by atoms with Gasteiger partial charge in [0, 0.05) is 36.5 Å². The molecule has 1 aromatic heterocycles. The number of aromatic hydroxyl groups is 1. The molecule has 0 unspecified atom stereocenters. The number of phenols is 1. The zero-order chi connectivity index (χ0) is 30.6. The van der Waals surface area contributed by atoms with Gasteiger partial charge in [-0.2, -0.15) is 0 Å². The average molecular weight is 581 g/mol. The van der Waals surface area contributed by atoms with Gasteiger partial charge in [-0.25, -0.2) is 4.79 Å². The van der Waals surface area contributed by atoms with Crippen LogP contribution in [0.25, 0.3) is 10.9 Å². The molecule has 12 N–H and O–H groups in total. The number of aliphatic imine (C=N–C) groups is 1. The number of carbonyl (C=O) groups excluding carboxylic acids is 3. The number of amides is 3. The molecular formula is C28H36N8O6. The molecule has 14 heteroatoms. The number of hydrogen-bond donors (Lipinski definition) is 9. The lowest BCUT2D eigenvalue weighted by molar-refractivity contribution is -0.142. The molecule has 3 atom stereocenters. The number of hydrogen-bond acceptors (Lipinski definition) is 7. The number of para-hydroxylation sites is 1. The summed E-state index contributed by atoms with van der Waals surface area (Å²) in [4.78, 5) is 58.0. The highest BCUT2D eigenvalue weighted by Gasteiger charge is 2.30. The van der Waals surface area contributed by atoms with E-state index in [0.717, 1.165) is 16.5 Å². The molecule has 0 spiro atoms. The zero-order valence-corrected chi connectivity index (χ0v) is 22.9. The number of guanidine groups is 1. The third-order valence-electron chi connectivity index (χ3n) is 6.51. The van der Waals surface area contributed by atoms with E-state index in [9.17, 15) is 29.4 Å². The number of nitrogens with one attached hydrogen (secondary N) is 4. The topological polar surface area (TPSA) is 251 Å². The smallest absolute Gasteiger partial charge is 0.326 e. The molecule has 0 saturated carbocycles. The van der Waals surface area contributed by atoms with Gasteiger partial charge in [0.1, 0.15) is 23.9 Å². The summed E-state index contributed by atoms with van der Waals surface area (Å²) >= 11 is 0. The highest BCUT2D eigenvalue weighted by atomic mass is 16.4. The maximum Gasteiger partial charge on any atom is 0.326 e. The van der Waals surface area contributed by atoms with Crippen LogP contribution in [0, 0.1) is 0 Å². The lowest BCUT2D eigenvalue weighted by Gasteiger charge is -2.24. The Morgan fingerprint density at radius 2 is 1.55 bits per heavy atom. The number of H-pyrrole nitrogens is 1. The molecule has 0 aliphatic heterocycles. The first kappa shape index (κ1) is 31.4. The Hall–Kier alpha value is -5.11. The van der Waals surface area contributed by atoms with Crippen molar-refractivity contribution in [3.63, 3.8) is 0 Å². The van der Waals surface area contributed by atoms with Gasteiger partial charge in [0.25, 0.3) is 0 Å². The van der Waals surface area contributed by atoms with Gasteiger partial charge in [-0.3, -0.25) is 19.4 Å². The van der Waals surface area contributed by atoms with Gasteiger partial charge in [0.05, 0.1) is 6.54 Å². The van der Waals surface area contributed by atoms with Gasteiger partial charge in [0.15, 0.2) is 5.96 Å². The Morgan fingerprint density at radius 3 is 2.21 bits per heavy atom. The minimum atomic E-state index is -1.32. The fraction of sp³-hybridized carbons (Fsp3) is 0.321. The summed E-state index contributed by atoms with van der Waals surface area (Å²) in [5, 5.41) is 27.9. The summed E-state index contributed by atoms with van der Waals surface area (Å²) in [6.45, 7) is -0.182. The summed E-state index contributed by atoms with van der Waals surface area (Å²) in [5.74, 6) is -3.37. The van der Waals surface area contributed by atoms with E-state index in [1.165, 1.54) is 12.1 Å². The number of rotatable bonds is 15. The molecule has 0 radical (unpaired) electrons. The molecular weight excluding hydrogens is 544 g/mol. The molecule has 3 amide bonds. The second-order valence-electron chi connectivity index (χ2n) is 9.67. The van der Waals surface area contributed by atoms with Crippen molar-refractivity contribution in [1.29, 1.82) is 0 Å². The SMILES string of the molecule is NCC(=O)N[C@@H](Cc1c[nH]c2ccccc12)C(=O)N[C@@H](CCCN=C(N)N)C(=O)N[C@@H](Cc1ccc(O)cc1)C(=O)O. The van der Waals surface area contributed by atoms with Gasteiger partial charge >= 0.3 is 5.97 Å². The summed E-state index contributed by atoms with van der Waals surface area (Å²) in [6, 6.07) is 9.79. The van der Waals surface area contributed by atoms with Crippen LogP contribution in [0.5, 0.6) is 5.75 Å². The molecule has 3 aromatic rings. The number of carboxylic acid groups (broad SMARTS) is 1. The number of aromatic amines is 1. The van der Waals surface area contributed by atoms with E-state index in [1.54, 1.807) is 18.3 Å². The first-order chi connectivity index (χ1) is 20.1. The largest absolute Gasteiger partial charge is 0.508 e. The van der Waals surface area contributed by atoms with Crippen LogP contribution >= 0.6 is 0 Å². The molecule has 42 heavy (non-hydrogen) atoms. The predicted octanol–water partition coefficient (Wildman–Crippen LogP) is -0.790. The van der Waals surface area contributed by atoms with Crippen molar-refractivity contribution in [2.24, 2.45) is 22.2 Å². The molecule has 0 bridgehead atoms. The van der Waals surface area contributed by atoms with Gasteiger partial charge in [-0.15, -0.1) is 0 Å². The molecule has 2 aromatic carbocycles. The van der Waals surface area contributed by atoms with E-state index in [1.807, 2.05) is 24.3 Å². The lowest BCUT2D eigenvalue weighted by atomic mass is 10.0. The normalized spacial score (nSPS) is 13.0. The molecule has 224 valence electrons. The molecule has 3 rings (SSSR count). The quantitative estimate of drug-likeness (QED) is 0.0619. The van der Waals surface area contributed by atoms with Crippen LogP contribution in [0.1, 0.15) is 24.0 Å². The summed E-state index contributed by atoms with van der Waals surface area (Å²) in [5.41, 5.74) is 18.4. The van der Waals surface area contributed by atoms with Crippen LogP contribution in [-0.2, 0) is 32.0 Å². The van der Waals surface area contributed by atoms with Crippen molar-refractivity contribution in [2.45, 2.75) is 43.8 Å². The predicted molar refractivity (Wildman–Crippen MR) is 156 cm³/mol. The highest BCUT2D eigenvalue weighted by Crippen LogP contribution is 2.19. The summed E-state index contributed by atoms with van der Waals surface area (Å²) in [7, 11) is 0. The molecule has 0 fully saturated rings. The number of benzene rings is 2. The van der Waals surface area contributed by atoms with Crippen molar-refractivity contribution in [3.8, 4) is 5.75 Å². The van der Waals surface area contributed by atoms with Crippen LogP contribution < -0.4 is 33.2 Å². The van der Waals surface area contributed by atoms with E-state index in [0.29, 0.717) is 5.56 Å². The molecule has 1 heterocycles.